The molecule has 0 fully saturated rings. The van der Waals surface area contributed by atoms with Crippen molar-refractivity contribution in [1.29, 1.82) is 0 Å². The highest BCUT2D eigenvalue weighted by Crippen LogP contribution is 2.18. The summed E-state index contributed by atoms with van der Waals surface area (Å²) in [6, 6.07) is 0. The molecular formula is C67H122O6. The Morgan fingerprint density at radius 1 is 0.288 bits per heavy atom. The van der Waals surface area contributed by atoms with Crippen molar-refractivity contribution >= 4 is 17.9 Å². The van der Waals surface area contributed by atoms with E-state index in [1.807, 2.05) is 0 Å². The maximum absolute atomic E-state index is 12.8. The molecule has 0 saturated heterocycles. The molecule has 1 atom stereocenters. The van der Waals surface area contributed by atoms with E-state index in [1.54, 1.807) is 0 Å². The maximum Gasteiger partial charge on any atom is 0.306 e. The Bertz CT molecular complexity index is 1270. The Balaban J connectivity index is 3.96. The van der Waals surface area contributed by atoms with E-state index in [0.29, 0.717) is 19.3 Å². The van der Waals surface area contributed by atoms with E-state index >= 15 is 0 Å². The molecule has 0 heterocycles. The molecule has 426 valence electrons. The van der Waals surface area contributed by atoms with E-state index in [2.05, 4.69) is 69.4 Å². The van der Waals surface area contributed by atoms with Gasteiger partial charge < -0.3 is 14.2 Å². The maximum atomic E-state index is 12.8. The van der Waals surface area contributed by atoms with E-state index < -0.39 is 6.10 Å². The van der Waals surface area contributed by atoms with Gasteiger partial charge in [-0.05, 0) is 57.8 Å². The molecule has 0 aliphatic carbocycles. The van der Waals surface area contributed by atoms with Gasteiger partial charge in [-0.2, -0.15) is 0 Å². The molecule has 6 heteroatoms. The second-order valence-corrected chi connectivity index (χ2v) is 21.7. The minimum absolute atomic E-state index is 0.0800. The van der Waals surface area contributed by atoms with Crippen molar-refractivity contribution in [2.45, 2.75) is 348 Å². The van der Waals surface area contributed by atoms with Crippen LogP contribution in [-0.2, 0) is 28.6 Å². The Hall–Kier alpha value is -2.63. The van der Waals surface area contributed by atoms with Crippen LogP contribution in [0.3, 0.4) is 0 Å². The van der Waals surface area contributed by atoms with E-state index in [4.69, 9.17) is 14.2 Å². The molecule has 0 aromatic rings. The van der Waals surface area contributed by atoms with E-state index in [1.165, 1.54) is 205 Å². The zero-order valence-electron chi connectivity index (χ0n) is 48.9. The first-order valence-corrected chi connectivity index (χ1v) is 32.1. The molecule has 0 saturated carbocycles. The summed E-state index contributed by atoms with van der Waals surface area (Å²) in [5.41, 5.74) is 0. The lowest BCUT2D eigenvalue weighted by Crippen LogP contribution is -2.30. The molecule has 0 aromatic heterocycles. The van der Waals surface area contributed by atoms with Crippen LogP contribution in [0.15, 0.2) is 48.6 Å². The Morgan fingerprint density at radius 3 is 0.836 bits per heavy atom. The second kappa shape index (κ2) is 61.9. The number of carbonyl (C=O) groups excluding carboxylic acids is 3. The fraction of sp³-hybridized carbons (Fsp3) is 0.836. The molecular weight excluding hydrogens is 901 g/mol. The van der Waals surface area contributed by atoms with Crippen LogP contribution in [0.2, 0.25) is 0 Å². The van der Waals surface area contributed by atoms with Gasteiger partial charge in [0.25, 0.3) is 0 Å². The number of ether oxygens (including phenoxy) is 3. The average Bonchev–Trinajstić information content (AvgIpc) is 3.39. The third kappa shape index (κ3) is 60.1. The normalized spacial score (nSPS) is 12.3. The molecule has 0 aliphatic rings. The fourth-order valence-electron chi connectivity index (χ4n) is 9.56. The number of unbranched alkanes of at least 4 members (excludes halogenated alkanes) is 40. The van der Waals surface area contributed by atoms with Crippen LogP contribution >= 0.6 is 0 Å². The first-order valence-electron chi connectivity index (χ1n) is 32.1. The first-order chi connectivity index (χ1) is 36.0. The van der Waals surface area contributed by atoms with Crippen LogP contribution in [0.1, 0.15) is 342 Å². The topological polar surface area (TPSA) is 78.9 Å². The van der Waals surface area contributed by atoms with Gasteiger partial charge in [-0.15, -0.1) is 0 Å². The zero-order valence-corrected chi connectivity index (χ0v) is 48.9. The standard InChI is InChI=1S/C67H122O6/c1-4-7-10-13-16-18-20-22-24-26-27-28-29-30-31-32-33-34-35-36-37-38-39-40-42-43-45-47-49-51-54-57-60-66(69)72-63-64(62-71-65(68)59-56-53-15-12-9-6-3)73-67(70)61-58-55-52-50-48-46-44-41-25-23-21-19-17-14-11-8-5-2/h8,11,17,19,23,25,44,46,64H,4-7,9-10,12-16,18,20-22,24,26-43,45,47-63H2,1-3H3/b11-8-,19-17-,25-23-,46-44-. The van der Waals surface area contributed by atoms with Crippen LogP contribution in [-0.4, -0.2) is 37.2 Å². The molecule has 0 bridgehead atoms. The number of allylic oxidation sites excluding steroid dienone is 8. The molecule has 6 nitrogen and oxygen atoms in total. The van der Waals surface area contributed by atoms with Crippen LogP contribution < -0.4 is 0 Å². The smallest absolute Gasteiger partial charge is 0.306 e. The number of hydrogen-bond donors (Lipinski definition) is 0. The molecule has 0 spiro atoms. The monoisotopic (exact) mass is 1020 g/mol. The van der Waals surface area contributed by atoms with Gasteiger partial charge in [0.1, 0.15) is 13.2 Å². The van der Waals surface area contributed by atoms with E-state index in [-0.39, 0.29) is 31.1 Å². The summed E-state index contributed by atoms with van der Waals surface area (Å²) in [6.07, 6.45) is 77.6. The predicted octanol–water partition coefficient (Wildman–Crippen LogP) is 21.8. The lowest BCUT2D eigenvalue weighted by molar-refractivity contribution is -0.167. The molecule has 0 N–H and O–H groups in total. The molecule has 73 heavy (non-hydrogen) atoms. The summed E-state index contributed by atoms with van der Waals surface area (Å²) in [7, 11) is 0. The fourth-order valence-corrected chi connectivity index (χ4v) is 9.56. The third-order valence-electron chi connectivity index (χ3n) is 14.3. The van der Waals surface area contributed by atoms with Crippen molar-refractivity contribution < 1.29 is 28.6 Å². The zero-order chi connectivity index (χ0) is 52.9. The average molecular weight is 1020 g/mol. The van der Waals surface area contributed by atoms with Gasteiger partial charge in [0, 0.05) is 19.3 Å². The lowest BCUT2D eigenvalue weighted by atomic mass is 10.0. The largest absolute Gasteiger partial charge is 0.462 e. The molecule has 0 aliphatic heterocycles. The van der Waals surface area contributed by atoms with Crippen molar-refractivity contribution in [3.63, 3.8) is 0 Å². The Kier molecular flexibility index (Phi) is 59.7. The molecule has 0 aromatic carbocycles. The highest BCUT2D eigenvalue weighted by molar-refractivity contribution is 5.71. The molecule has 0 amide bonds. The van der Waals surface area contributed by atoms with Crippen molar-refractivity contribution in [1.82, 2.24) is 0 Å². The van der Waals surface area contributed by atoms with Crippen molar-refractivity contribution in [3.05, 3.63) is 48.6 Å². The van der Waals surface area contributed by atoms with Gasteiger partial charge in [-0.3, -0.25) is 14.4 Å². The van der Waals surface area contributed by atoms with Crippen molar-refractivity contribution in [3.8, 4) is 0 Å². The number of carbonyl (C=O) groups is 3. The first kappa shape index (κ1) is 70.4. The Morgan fingerprint density at radius 2 is 0.534 bits per heavy atom. The summed E-state index contributed by atoms with van der Waals surface area (Å²) in [4.78, 5) is 37.9. The van der Waals surface area contributed by atoms with Gasteiger partial charge in [0.15, 0.2) is 6.10 Å². The number of esters is 3. The van der Waals surface area contributed by atoms with Gasteiger partial charge in [-0.25, -0.2) is 0 Å². The van der Waals surface area contributed by atoms with Crippen LogP contribution in [0, 0.1) is 0 Å². The predicted molar refractivity (Wildman–Crippen MR) is 316 cm³/mol. The molecule has 1 unspecified atom stereocenters. The summed E-state index contributed by atoms with van der Waals surface area (Å²) in [5, 5.41) is 0. The highest BCUT2D eigenvalue weighted by atomic mass is 16.6. The lowest BCUT2D eigenvalue weighted by Gasteiger charge is -2.18. The van der Waals surface area contributed by atoms with Crippen molar-refractivity contribution in [2.24, 2.45) is 0 Å². The van der Waals surface area contributed by atoms with Gasteiger partial charge >= 0.3 is 17.9 Å². The van der Waals surface area contributed by atoms with E-state index in [0.717, 1.165) is 96.3 Å². The Labute approximate surface area is 454 Å². The summed E-state index contributed by atoms with van der Waals surface area (Å²) in [5.74, 6) is -0.899. The van der Waals surface area contributed by atoms with Gasteiger partial charge in [-0.1, -0.05) is 313 Å². The SMILES string of the molecule is CC/C=C\C/C=C\C/C=C\C/C=C\CCCCCCC(=O)OC(COC(=O)CCCCCCCC)COC(=O)CCCCCCCCCCCCCCCCCCCCCCCCCCCCCCCCCC. The highest BCUT2D eigenvalue weighted by Gasteiger charge is 2.19. The van der Waals surface area contributed by atoms with Gasteiger partial charge in [0.05, 0.1) is 0 Å². The molecule has 0 rings (SSSR count). The summed E-state index contributed by atoms with van der Waals surface area (Å²) >= 11 is 0. The van der Waals surface area contributed by atoms with E-state index in [9.17, 15) is 14.4 Å². The summed E-state index contributed by atoms with van der Waals surface area (Å²) < 4.78 is 16.8. The minimum Gasteiger partial charge on any atom is -0.462 e. The second-order valence-electron chi connectivity index (χ2n) is 21.7. The van der Waals surface area contributed by atoms with Gasteiger partial charge in [0.2, 0.25) is 0 Å². The number of rotatable bonds is 59. The summed E-state index contributed by atoms with van der Waals surface area (Å²) in [6.45, 7) is 6.49. The minimum atomic E-state index is -0.781. The van der Waals surface area contributed by atoms with Crippen molar-refractivity contribution in [2.75, 3.05) is 13.2 Å². The quantitative estimate of drug-likeness (QED) is 0.0261. The van der Waals surface area contributed by atoms with Crippen LogP contribution in [0.25, 0.3) is 0 Å². The molecule has 0 radical (unpaired) electrons. The third-order valence-corrected chi connectivity index (χ3v) is 14.3. The van der Waals surface area contributed by atoms with Crippen LogP contribution in [0.5, 0.6) is 0 Å². The number of hydrogen-bond acceptors (Lipinski definition) is 6. The van der Waals surface area contributed by atoms with Crippen LogP contribution in [0.4, 0.5) is 0 Å².